The zero-order valence-electron chi connectivity index (χ0n) is 14.6. The molecule has 0 saturated carbocycles. The zero-order chi connectivity index (χ0) is 17.4. The first kappa shape index (κ1) is 15.5. The Morgan fingerprint density at radius 2 is 1.88 bits per heavy atom. The first-order valence-corrected chi connectivity index (χ1v) is 9.15. The van der Waals surface area contributed by atoms with Gasteiger partial charge in [0.05, 0.1) is 12.1 Å². The number of hydrogen-bond acceptors (Lipinski definition) is 4. The molecule has 1 aliphatic carbocycles. The van der Waals surface area contributed by atoms with Gasteiger partial charge in [0.15, 0.2) is 11.5 Å². The van der Waals surface area contributed by atoms with Gasteiger partial charge in [0, 0.05) is 12.6 Å². The lowest BCUT2D eigenvalue weighted by molar-refractivity contribution is 0.168. The van der Waals surface area contributed by atoms with Gasteiger partial charge in [-0.15, -0.1) is 0 Å². The van der Waals surface area contributed by atoms with Crippen LogP contribution in [0.15, 0.2) is 59.6 Å². The average molecular weight is 347 g/mol. The van der Waals surface area contributed by atoms with Crippen LogP contribution in [0.2, 0.25) is 0 Å². The Balaban J connectivity index is 1.30. The summed E-state index contributed by atoms with van der Waals surface area (Å²) in [5.74, 6) is 2.69. The SMILES string of the molecule is C1=CC(CCOc2cccc3c2OCO3)(C2Cc3ccccc3C2)N=C1. The maximum absolute atomic E-state index is 6.06. The van der Waals surface area contributed by atoms with Crippen molar-refractivity contribution in [1.29, 1.82) is 0 Å². The van der Waals surface area contributed by atoms with E-state index in [0.717, 1.165) is 30.8 Å². The van der Waals surface area contributed by atoms with Gasteiger partial charge in [-0.05, 0) is 48.1 Å². The molecule has 5 rings (SSSR count). The second-order valence-electron chi connectivity index (χ2n) is 7.09. The summed E-state index contributed by atoms with van der Waals surface area (Å²) in [6.45, 7) is 0.849. The quantitative estimate of drug-likeness (QED) is 0.821. The molecule has 2 heterocycles. The Morgan fingerprint density at radius 3 is 2.65 bits per heavy atom. The summed E-state index contributed by atoms with van der Waals surface area (Å²) in [4.78, 5) is 4.86. The number of rotatable bonds is 5. The number of ether oxygens (including phenoxy) is 3. The van der Waals surface area contributed by atoms with Crippen LogP contribution in [-0.2, 0) is 12.8 Å². The smallest absolute Gasteiger partial charge is 0.231 e. The molecule has 3 aliphatic rings. The fourth-order valence-corrected chi connectivity index (χ4v) is 4.28. The fraction of sp³-hybridized carbons (Fsp3) is 0.318. The van der Waals surface area contributed by atoms with E-state index < -0.39 is 0 Å². The fourth-order valence-electron chi connectivity index (χ4n) is 4.28. The van der Waals surface area contributed by atoms with Gasteiger partial charge in [-0.1, -0.05) is 36.4 Å². The van der Waals surface area contributed by atoms with E-state index in [-0.39, 0.29) is 12.3 Å². The molecular formula is C22H21NO3. The predicted molar refractivity (Wildman–Crippen MR) is 100 cm³/mol. The van der Waals surface area contributed by atoms with E-state index in [1.807, 2.05) is 24.4 Å². The third kappa shape index (κ3) is 2.57. The minimum atomic E-state index is -0.172. The number of allylic oxidation sites excluding steroid dienone is 1. The number of fused-ring (bicyclic) bond motifs is 2. The maximum atomic E-state index is 6.06. The molecule has 2 aromatic rings. The third-order valence-corrected chi connectivity index (χ3v) is 5.66. The van der Waals surface area contributed by atoms with E-state index in [4.69, 9.17) is 19.2 Å². The van der Waals surface area contributed by atoms with Crippen LogP contribution in [-0.4, -0.2) is 25.2 Å². The summed E-state index contributed by atoms with van der Waals surface area (Å²) in [7, 11) is 0. The molecule has 0 saturated heterocycles. The normalized spacial score (nSPS) is 22.8. The summed E-state index contributed by atoms with van der Waals surface area (Å²) in [6.07, 6.45) is 9.26. The van der Waals surface area contributed by atoms with Gasteiger partial charge in [0.2, 0.25) is 12.5 Å². The van der Waals surface area contributed by atoms with Crippen molar-refractivity contribution in [2.24, 2.45) is 10.9 Å². The average Bonchev–Trinajstić information content (AvgIpc) is 3.41. The van der Waals surface area contributed by atoms with Crippen LogP contribution in [0.3, 0.4) is 0 Å². The van der Waals surface area contributed by atoms with Crippen molar-refractivity contribution >= 4 is 6.21 Å². The Hall–Kier alpha value is -2.75. The highest BCUT2D eigenvalue weighted by molar-refractivity contribution is 5.75. The van der Waals surface area contributed by atoms with Crippen molar-refractivity contribution in [3.05, 3.63) is 65.7 Å². The molecule has 0 bridgehead atoms. The van der Waals surface area contributed by atoms with Gasteiger partial charge < -0.3 is 14.2 Å². The predicted octanol–water partition coefficient (Wildman–Crippen LogP) is 3.98. The van der Waals surface area contributed by atoms with Crippen molar-refractivity contribution in [2.45, 2.75) is 24.8 Å². The maximum Gasteiger partial charge on any atom is 0.231 e. The molecule has 2 aliphatic heterocycles. The van der Waals surface area contributed by atoms with E-state index >= 15 is 0 Å². The van der Waals surface area contributed by atoms with Crippen LogP contribution in [0.1, 0.15) is 17.5 Å². The lowest BCUT2D eigenvalue weighted by Crippen LogP contribution is -2.35. The van der Waals surface area contributed by atoms with Crippen molar-refractivity contribution < 1.29 is 14.2 Å². The van der Waals surface area contributed by atoms with E-state index in [9.17, 15) is 0 Å². The van der Waals surface area contributed by atoms with E-state index in [1.165, 1.54) is 11.1 Å². The molecule has 132 valence electrons. The van der Waals surface area contributed by atoms with Gasteiger partial charge in [0.25, 0.3) is 0 Å². The highest BCUT2D eigenvalue weighted by Gasteiger charge is 2.40. The van der Waals surface area contributed by atoms with Gasteiger partial charge >= 0.3 is 0 Å². The molecule has 1 atom stereocenters. The molecule has 0 amide bonds. The first-order chi connectivity index (χ1) is 12.8. The van der Waals surface area contributed by atoms with E-state index in [1.54, 1.807) is 0 Å². The van der Waals surface area contributed by atoms with Crippen molar-refractivity contribution in [3.8, 4) is 17.2 Å². The summed E-state index contributed by atoms with van der Waals surface area (Å²) in [6, 6.07) is 14.5. The Bertz CT molecular complexity index is 850. The van der Waals surface area contributed by atoms with Gasteiger partial charge in [-0.25, -0.2) is 0 Å². The standard InChI is InChI=1S/C22H21NO3/c1-2-6-17-14-18(13-16(17)5-1)22(9-4-11-23-22)10-12-24-19-7-3-8-20-21(19)26-15-25-20/h1-9,11,18H,10,12-15H2. The second kappa shape index (κ2) is 6.20. The van der Waals surface area contributed by atoms with Crippen LogP contribution in [0.25, 0.3) is 0 Å². The molecule has 0 N–H and O–H groups in total. The second-order valence-corrected chi connectivity index (χ2v) is 7.09. The Kier molecular flexibility index (Phi) is 3.70. The van der Waals surface area contributed by atoms with E-state index in [2.05, 4.69) is 36.4 Å². The van der Waals surface area contributed by atoms with Gasteiger partial charge in [-0.2, -0.15) is 0 Å². The number of aliphatic imine (C=N–C) groups is 1. The van der Waals surface area contributed by atoms with Crippen molar-refractivity contribution in [2.75, 3.05) is 13.4 Å². The first-order valence-electron chi connectivity index (χ1n) is 9.15. The minimum absolute atomic E-state index is 0.172. The molecular weight excluding hydrogens is 326 g/mol. The number of benzene rings is 2. The highest BCUT2D eigenvalue weighted by Crippen LogP contribution is 2.42. The summed E-state index contributed by atoms with van der Waals surface area (Å²) < 4.78 is 17.0. The van der Waals surface area contributed by atoms with Crippen LogP contribution < -0.4 is 14.2 Å². The minimum Gasteiger partial charge on any atom is -0.489 e. The number of para-hydroxylation sites is 1. The van der Waals surface area contributed by atoms with Gasteiger partial charge in [0.1, 0.15) is 0 Å². The lowest BCUT2D eigenvalue weighted by Gasteiger charge is -2.31. The topological polar surface area (TPSA) is 40.0 Å². The van der Waals surface area contributed by atoms with Crippen molar-refractivity contribution in [3.63, 3.8) is 0 Å². The van der Waals surface area contributed by atoms with E-state index in [0.29, 0.717) is 18.3 Å². The molecule has 0 spiro atoms. The number of nitrogens with zero attached hydrogens (tertiary/aromatic N) is 1. The molecule has 4 nitrogen and oxygen atoms in total. The van der Waals surface area contributed by atoms with Crippen LogP contribution in [0, 0.1) is 5.92 Å². The largest absolute Gasteiger partial charge is 0.489 e. The zero-order valence-corrected chi connectivity index (χ0v) is 14.6. The Morgan fingerprint density at radius 1 is 1.04 bits per heavy atom. The van der Waals surface area contributed by atoms with Crippen LogP contribution in [0.5, 0.6) is 17.2 Å². The summed E-state index contributed by atoms with van der Waals surface area (Å²) in [5, 5.41) is 0. The molecule has 1 unspecified atom stereocenters. The molecule has 0 fully saturated rings. The summed E-state index contributed by atoms with van der Waals surface area (Å²) >= 11 is 0. The molecule has 26 heavy (non-hydrogen) atoms. The van der Waals surface area contributed by atoms with Crippen molar-refractivity contribution in [1.82, 2.24) is 0 Å². The Labute approximate surface area is 153 Å². The highest BCUT2D eigenvalue weighted by atomic mass is 16.7. The molecule has 2 aromatic carbocycles. The third-order valence-electron chi connectivity index (χ3n) is 5.66. The lowest BCUT2D eigenvalue weighted by atomic mass is 9.80. The molecule has 0 radical (unpaired) electrons. The molecule has 0 aromatic heterocycles. The molecule has 4 heteroatoms. The monoisotopic (exact) mass is 347 g/mol. The number of hydrogen-bond donors (Lipinski definition) is 0. The summed E-state index contributed by atoms with van der Waals surface area (Å²) in [5.41, 5.74) is 2.74. The van der Waals surface area contributed by atoms with Gasteiger partial charge in [-0.3, -0.25) is 4.99 Å². The van der Waals surface area contributed by atoms with Crippen LogP contribution in [0.4, 0.5) is 0 Å². The van der Waals surface area contributed by atoms with Crippen LogP contribution >= 0.6 is 0 Å².